The molecule has 21 heavy (non-hydrogen) atoms. The fourth-order valence-corrected chi connectivity index (χ4v) is 1.86. The summed E-state index contributed by atoms with van der Waals surface area (Å²) in [5.41, 5.74) is -1.24. The van der Waals surface area contributed by atoms with Crippen molar-refractivity contribution in [2.75, 3.05) is 6.54 Å². The molecule has 2 N–H and O–H groups in total. The summed E-state index contributed by atoms with van der Waals surface area (Å²) in [5.74, 6) is -2.09. The lowest BCUT2D eigenvalue weighted by Gasteiger charge is -2.12. The molecule has 0 saturated heterocycles. The van der Waals surface area contributed by atoms with Crippen molar-refractivity contribution in [3.8, 4) is 0 Å². The number of carboxylic acid groups (broad SMARTS) is 1. The number of alkyl halides is 3. The van der Waals surface area contributed by atoms with Crippen LogP contribution in [0, 0.1) is 5.92 Å². The second-order valence-electron chi connectivity index (χ2n) is 4.64. The van der Waals surface area contributed by atoms with Crippen LogP contribution in [-0.4, -0.2) is 23.5 Å². The Bertz CT molecular complexity index is 546. The number of hydrogen-bond acceptors (Lipinski definition) is 2. The molecule has 8 heteroatoms. The first-order valence-electron chi connectivity index (χ1n) is 5.97. The Hall–Kier alpha value is -1.76. The van der Waals surface area contributed by atoms with Crippen molar-refractivity contribution in [1.82, 2.24) is 5.32 Å². The van der Waals surface area contributed by atoms with E-state index in [1.807, 2.05) is 0 Å². The molecule has 4 nitrogen and oxygen atoms in total. The molecule has 1 amide bonds. The minimum absolute atomic E-state index is 0.0407. The maximum atomic E-state index is 12.6. The fourth-order valence-electron chi connectivity index (χ4n) is 1.62. The number of amides is 1. The Balaban J connectivity index is 2.79. The number of carbonyl (C=O) groups is 2. The van der Waals surface area contributed by atoms with Crippen LogP contribution in [0.1, 0.15) is 29.3 Å². The van der Waals surface area contributed by atoms with Gasteiger partial charge in [0.1, 0.15) is 0 Å². The van der Waals surface area contributed by atoms with Gasteiger partial charge in [0.15, 0.2) is 0 Å². The van der Waals surface area contributed by atoms with E-state index in [1.165, 1.54) is 0 Å². The maximum absolute atomic E-state index is 12.6. The molecular weight excluding hydrogens is 311 g/mol. The molecule has 0 aliphatic rings. The maximum Gasteiger partial charge on any atom is 0.416 e. The number of carboxylic acids is 1. The van der Waals surface area contributed by atoms with Gasteiger partial charge in [0.25, 0.3) is 5.91 Å². The molecule has 0 spiro atoms. The summed E-state index contributed by atoms with van der Waals surface area (Å²) in [6.45, 7) is 1.65. The van der Waals surface area contributed by atoms with Crippen LogP contribution in [-0.2, 0) is 11.0 Å². The molecule has 0 aromatic heterocycles. The summed E-state index contributed by atoms with van der Waals surface area (Å²) in [5, 5.41) is 10.8. The Morgan fingerprint density at radius 3 is 2.48 bits per heavy atom. The summed E-state index contributed by atoms with van der Waals surface area (Å²) < 4.78 is 37.8. The first-order chi connectivity index (χ1) is 9.59. The summed E-state index contributed by atoms with van der Waals surface area (Å²) >= 11 is 5.57. The number of halogens is 4. The van der Waals surface area contributed by atoms with Gasteiger partial charge in [-0.1, -0.05) is 18.5 Å². The van der Waals surface area contributed by atoms with E-state index in [0.717, 1.165) is 12.1 Å². The van der Waals surface area contributed by atoms with Gasteiger partial charge in [-0.3, -0.25) is 9.59 Å². The van der Waals surface area contributed by atoms with Gasteiger partial charge in [-0.2, -0.15) is 13.2 Å². The van der Waals surface area contributed by atoms with Crippen molar-refractivity contribution in [3.05, 3.63) is 34.3 Å². The van der Waals surface area contributed by atoms with Crippen molar-refractivity contribution < 1.29 is 27.9 Å². The molecule has 116 valence electrons. The molecule has 1 unspecified atom stereocenters. The van der Waals surface area contributed by atoms with E-state index in [-0.39, 0.29) is 29.5 Å². The zero-order chi connectivity index (χ0) is 16.2. The molecule has 1 aromatic carbocycles. The van der Waals surface area contributed by atoms with Crippen molar-refractivity contribution in [3.63, 3.8) is 0 Å². The van der Waals surface area contributed by atoms with Crippen LogP contribution in [0.2, 0.25) is 5.02 Å². The van der Waals surface area contributed by atoms with Crippen LogP contribution in [0.5, 0.6) is 0 Å². The standard InChI is InChI=1S/C13H13ClF3NO3/c1-7(2-11(19)20)6-18-12(21)8-3-9(13(15,16)17)5-10(14)4-8/h3-5,7H,2,6H2,1H3,(H,18,21)(H,19,20). The lowest BCUT2D eigenvalue weighted by Crippen LogP contribution is -2.29. The SMILES string of the molecule is CC(CNC(=O)c1cc(Cl)cc(C(F)(F)F)c1)CC(=O)O. The summed E-state index contributed by atoms with van der Waals surface area (Å²) in [4.78, 5) is 22.3. The van der Waals surface area contributed by atoms with Gasteiger partial charge < -0.3 is 10.4 Å². The summed E-state index contributed by atoms with van der Waals surface area (Å²) in [6, 6.07) is 2.54. The molecule has 1 aromatic rings. The zero-order valence-electron chi connectivity index (χ0n) is 11.0. The largest absolute Gasteiger partial charge is 0.481 e. The van der Waals surface area contributed by atoms with Crippen molar-refractivity contribution in [1.29, 1.82) is 0 Å². The molecule has 0 aliphatic heterocycles. The van der Waals surface area contributed by atoms with Gasteiger partial charge >= 0.3 is 12.1 Å². The van der Waals surface area contributed by atoms with E-state index in [1.54, 1.807) is 6.92 Å². The van der Waals surface area contributed by atoms with Crippen molar-refractivity contribution >= 4 is 23.5 Å². The molecule has 0 radical (unpaired) electrons. The van der Waals surface area contributed by atoms with Crippen LogP contribution < -0.4 is 5.32 Å². The zero-order valence-corrected chi connectivity index (χ0v) is 11.8. The molecule has 1 atom stereocenters. The Labute approximate surface area is 123 Å². The van der Waals surface area contributed by atoms with Crippen LogP contribution >= 0.6 is 11.6 Å². The van der Waals surface area contributed by atoms with Gasteiger partial charge in [-0.15, -0.1) is 0 Å². The molecule has 0 saturated carbocycles. The molecule has 0 fully saturated rings. The van der Waals surface area contributed by atoms with Gasteiger partial charge in [0.2, 0.25) is 0 Å². The highest BCUT2D eigenvalue weighted by Gasteiger charge is 2.31. The highest BCUT2D eigenvalue weighted by Crippen LogP contribution is 2.31. The highest BCUT2D eigenvalue weighted by molar-refractivity contribution is 6.31. The summed E-state index contributed by atoms with van der Waals surface area (Å²) in [6.07, 6.45) is -4.75. The first-order valence-corrected chi connectivity index (χ1v) is 6.35. The second-order valence-corrected chi connectivity index (χ2v) is 5.08. The number of aliphatic carboxylic acids is 1. The third kappa shape index (κ3) is 5.63. The van der Waals surface area contributed by atoms with Crippen LogP contribution in [0.15, 0.2) is 18.2 Å². The quantitative estimate of drug-likeness (QED) is 0.874. The molecule has 0 heterocycles. The minimum Gasteiger partial charge on any atom is -0.481 e. The summed E-state index contributed by atoms with van der Waals surface area (Å²) in [7, 11) is 0. The highest BCUT2D eigenvalue weighted by atomic mass is 35.5. The van der Waals surface area contributed by atoms with E-state index >= 15 is 0 Å². The van der Waals surface area contributed by atoms with Crippen LogP contribution in [0.4, 0.5) is 13.2 Å². The smallest absolute Gasteiger partial charge is 0.416 e. The van der Waals surface area contributed by atoms with Crippen LogP contribution in [0.25, 0.3) is 0 Å². The molecular formula is C13H13ClF3NO3. The average Bonchev–Trinajstić information content (AvgIpc) is 2.33. The molecule has 1 rings (SSSR count). The first kappa shape index (κ1) is 17.3. The van der Waals surface area contributed by atoms with Gasteiger partial charge in [-0.25, -0.2) is 0 Å². The number of hydrogen-bond donors (Lipinski definition) is 2. The molecule has 0 aliphatic carbocycles. The topological polar surface area (TPSA) is 66.4 Å². The van der Waals surface area contributed by atoms with Crippen molar-refractivity contribution in [2.24, 2.45) is 5.92 Å². The van der Waals surface area contributed by atoms with E-state index < -0.39 is 23.6 Å². The second kappa shape index (κ2) is 6.80. The number of carbonyl (C=O) groups excluding carboxylic acids is 1. The predicted octanol–water partition coefficient (Wildman–Crippen LogP) is 3.20. The monoisotopic (exact) mass is 323 g/mol. The number of nitrogens with one attached hydrogen (secondary N) is 1. The average molecular weight is 324 g/mol. The van der Waals surface area contributed by atoms with Gasteiger partial charge in [0, 0.05) is 23.6 Å². The Morgan fingerprint density at radius 1 is 1.33 bits per heavy atom. The lowest BCUT2D eigenvalue weighted by molar-refractivity contribution is -0.138. The predicted molar refractivity (Wildman–Crippen MR) is 70.2 cm³/mol. The van der Waals surface area contributed by atoms with E-state index in [0.29, 0.717) is 6.07 Å². The molecule has 0 bridgehead atoms. The third-order valence-corrected chi connectivity index (χ3v) is 2.84. The number of rotatable bonds is 5. The Kier molecular flexibility index (Phi) is 5.60. The van der Waals surface area contributed by atoms with E-state index in [2.05, 4.69) is 5.32 Å². The number of benzene rings is 1. The lowest BCUT2D eigenvalue weighted by atomic mass is 10.1. The van der Waals surface area contributed by atoms with Crippen molar-refractivity contribution in [2.45, 2.75) is 19.5 Å². The normalized spacial score (nSPS) is 12.8. The van der Waals surface area contributed by atoms with Gasteiger partial charge in [-0.05, 0) is 24.1 Å². The van der Waals surface area contributed by atoms with Gasteiger partial charge in [0.05, 0.1) is 5.56 Å². The third-order valence-electron chi connectivity index (χ3n) is 2.62. The van der Waals surface area contributed by atoms with Crippen LogP contribution in [0.3, 0.4) is 0 Å². The fraction of sp³-hybridized carbons (Fsp3) is 0.385. The van der Waals surface area contributed by atoms with E-state index in [4.69, 9.17) is 16.7 Å². The Morgan fingerprint density at radius 2 is 1.95 bits per heavy atom. The minimum atomic E-state index is -4.60. The van der Waals surface area contributed by atoms with E-state index in [9.17, 15) is 22.8 Å².